The van der Waals surface area contributed by atoms with Crippen LogP contribution in [0.1, 0.15) is 75.6 Å². The molecule has 4 aliphatic carbocycles. The maximum Gasteiger partial charge on any atom is 0.338 e. The molecule has 35 heavy (non-hydrogen) atoms. The van der Waals surface area contributed by atoms with Crippen LogP contribution < -0.4 is 0 Å². The van der Waals surface area contributed by atoms with Crippen molar-refractivity contribution < 1.29 is 23.9 Å². The summed E-state index contributed by atoms with van der Waals surface area (Å²) >= 11 is 0. The van der Waals surface area contributed by atoms with Gasteiger partial charge in [0.25, 0.3) is 5.69 Å². The van der Waals surface area contributed by atoms with Gasteiger partial charge in [0, 0.05) is 30.4 Å². The van der Waals surface area contributed by atoms with Crippen molar-refractivity contribution in [3.63, 3.8) is 0 Å². The number of allylic oxidation sites excluding steroid dienone is 1. The minimum Gasteiger partial charge on any atom is -0.458 e. The smallest absolute Gasteiger partial charge is 0.338 e. The average Bonchev–Trinajstić information content (AvgIpc) is 3.45. The number of carbonyl (C=O) groups excluding carboxylic acids is 1. The first kappa shape index (κ1) is 23.2. The highest BCUT2D eigenvalue weighted by Crippen LogP contribution is 2.68. The van der Waals surface area contributed by atoms with E-state index in [1.54, 1.807) is 0 Å². The lowest BCUT2D eigenvalue weighted by atomic mass is 9.47. The molecule has 1 aromatic carbocycles. The number of hydrogen-bond donors (Lipinski definition) is 0. The predicted octanol–water partition coefficient (Wildman–Crippen LogP) is 5.83. The molecule has 7 nitrogen and oxygen atoms in total. The largest absolute Gasteiger partial charge is 0.458 e. The first-order valence-electron chi connectivity index (χ1n) is 13.2. The highest BCUT2D eigenvalue weighted by atomic mass is 16.7. The fourth-order valence-corrected chi connectivity index (χ4v) is 8.55. The molecule has 0 amide bonds. The molecule has 1 aromatic rings. The fourth-order valence-electron chi connectivity index (χ4n) is 8.55. The highest BCUT2D eigenvalue weighted by Gasteiger charge is 2.66. The molecule has 6 rings (SSSR count). The Kier molecular flexibility index (Phi) is 5.38. The number of non-ortho nitro benzene ring substituents is 1. The number of fused-ring (bicyclic) bond motifs is 6. The monoisotopic (exact) mass is 481 g/mol. The lowest BCUT2D eigenvalue weighted by Crippen LogP contribution is -2.55. The maximum absolute atomic E-state index is 12.7. The number of hydrogen-bond acceptors (Lipinski definition) is 6. The number of ether oxygens (including phenoxy) is 3. The van der Waals surface area contributed by atoms with E-state index in [9.17, 15) is 14.9 Å². The van der Waals surface area contributed by atoms with Crippen LogP contribution in [0.3, 0.4) is 0 Å². The van der Waals surface area contributed by atoms with Gasteiger partial charge in [-0.2, -0.15) is 0 Å². The van der Waals surface area contributed by atoms with Gasteiger partial charge in [0.1, 0.15) is 6.10 Å². The van der Waals surface area contributed by atoms with Crippen molar-refractivity contribution in [1.82, 2.24) is 0 Å². The molecule has 1 spiro atoms. The molecule has 1 saturated heterocycles. The molecule has 1 heterocycles. The quantitative estimate of drug-likeness (QED) is 0.234. The Hall–Kier alpha value is -2.25. The van der Waals surface area contributed by atoms with Crippen LogP contribution >= 0.6 is 0 Å². The van der Waals surface area contributed by atoms with Crippen molar-refractivity contribution in [3.05, 3.63) is 51.6 Å². The molecule has 5 aliphatic rings. The van der Waals surface area contributed by atoms with Crippen LogP contribution in [0.2, 0.25) is 0 Å². The molecule has 3 saturated carbocycles. The zero-order valence-corrected chi connectivity index (χ0v) is 20.7. The zero-order valence-electron chi connectivity index (χ0n) is 20.7. The summed E-state index contributed by atoms with van der Waals surface area (Å²) in [4.78, 5) is 23.1. The molecule has 1 aliphatic heterocycles. The van der Waals surface area contributed by atoms with Crippen LogP contribution in [0.4, 0.5) is 5.69 Å². The number of nitro groups is 1. The Morgan fingerprint density at radius 2 is 1.74 bits per heavy atom. The molecule has 0 radical (unpaired) electrons. The second kappa shape index (κ2) is 8.13. The van der Waals surface area contributed by atoms with Crippen molar-refractivity contribution in [2.45, 2.75) is 77.1 Å². The molecule has 188 valence electrons. The van der Waals surface area contributed by atoms with Gasteiger partial charge in [-0.25, -0.2) is 4.79 Å². The number of carbonyl (C=O) groups is 1. The summed E-state index contributed by atoms with van der Waals surface area (Å²) in [6, 6.07) is 5.65. The van der Waals surface area contributed by atoms with Crippen LogP contribution in [-0.4, -0.2) is 36.0 Å². The zero-order chi connectivity index (χ0) is 24.4. The standard InChI is InChI=1S/C28H35NO6/c1-26-12-9-21(35-25(30)18-3-6-20(7-4-18)29(31)32)17-19(26)5-8-22-23(26)10-13-27(2)24(22)11-14-28(27)33-15-16-34-28/h3-7,21-24H,8-17H2,1-2H3/t21-,22?,23?,24?,26-,27-/m0/s1. The number of esters is 1. The van der Waals surface area contributed by atoms with E-state index in [1.807, 2.05) is 0 Å². The summed E-state index contributed by atoms with van der Waals surface area (Å²) in [7, 11) is 0. The van der Waals surface area contributed by atoms with Crippen molar-refractivity contribution in [2.75, 3.05) is 13.2 Å². The third-order valence-electron chi connectivity index (χ3n) is 10.4. The van der Waals surface area contributed by atoms with Crippen molar-refractivity contribution in [1.29, 1.82) is 0 Å². The summed E-state index contributed by atoms with van der Waals surface area (Å²) in [6.45, 7) is 6.30. The van der Waals surface area contributed by atoms with Gasteiger partial charge >= 0.3 is 5.97 Å². The minimum absolute atomic E-state index is 0.0280. The third kappa shape index (κ3) is 3.41. The normalized spacial score (nSPS) is 39.3. The first-order valence-corrected chi connectivity index (χ1v) is 13.2. The minimum atomic E-state index is -0.465. The van der Waals surface area contributed by atoms with E-state index in [0.29, 0.717) is 23.3 Å². The summed E-state index contributed by atoms with van der Waals surface area (Å²) in [5, 5.41) is 10.9. The van der Waals surface area contributed by atoms with E-state index in [1.165, 1.54) is 42.7 Å². The molecule has 7 heteroatoms. The second-order valence-corrected chi connectivity index (χ2v) is 11.8. The predicted molar refractivity (Wildman–Crippen MR) is 129 cm³/mol. The Balaban J connectivity index is 1.16. The Morgan fingerprint density at radius 3 is 2.46 bits per heavy atom. The lowest BCUT2D eigenvalue weighted by molar-refractivity contribution is -0.384. The molecule has 3 unspecified atom stereocenters. The molecule has 6 atom stereocenters. The lowest BCUT2D eigenvalue weighted by Gasteiger charge is -2.58. The van der Waals surface area contributed by atoms with Crippen LogP contribution in [-0.2, 0) is 14.2 Å². The maximum atomic E-state index is 12.7. The van der Waals surface area contributed by atoms with Crippen molar-refractivity contribution in [2.24, 2.45) is 28.6 Å². The van der Waals surface area contributed by atoms with Gasteiger partial charge < -0.3 is 14.2 Å². The molecule has 4 fully saturated rings. The summed E-state index contributed by atoms with van der Waals surface area (Å²) in [5.74, 6) is 1.19. The van der Waals surface area contributed by atoms with Crippen LogP contribution in [0.25, 0.3) is 0 Å². The number of benzene rings is 1. The van der Waals surface area contributed by atoms with Gasteiger partial charge in [-0.1, -0.05) is 25.5 Å². The summed E-state index contributed by atoms with van der Waals surface area (Å²) in [6.07, 6.45) is 10.6. The Labute approximate surface area is 206 Å². The van der Waals surface area contributed by atoms with Crippen molar-refractivity contribution >= 4 is 11.7 Å². The summed E-state index contributed by atoms with van der Waals surface area (Å²) < 4.78 is 18.4. The van der Waals surface area contributed by atoms with Crippen LogP contribution in [0.15, 0.2) is 35.9 Å². The second-order valence-electron chi connectivity index (χ2n) is 11.8. The van der Waals surface area contributed by atoms with E-state index >= 15 is 0 Å². The number of nitro benzene ring substituents is 1. The molecular weight excluding hydrogens is 446 g/mol. The topological polar surface area (TPSA) is 87.9 Å². The van der Waals surface area contributed by atoms with Gasteiger partial charge in [-0.3, -0.25) is 10.1 Å². The summed E-state index contributed by atoms with van der Waals surface area (Å²) in [5.41, 5.74) is 2.05. The third-order valence-corrected chi connectivity index (χ3v) is 10.4. The van der Waals surface area contributed by atoms with E-state index in [0.717, 1.165) is 51.7 Å². The first-order chi connectivity index (χ1) is 16.8. The number of rotatable bonds is 3. The van der Waals surface area contributed by atoms with Gasteiger partial charge in [0.15, 0.2) is 5.79 Å². The van der Waals surface area contributed by atoms with Gasteiger partial charge in [-0.05, 0) is 73.8 Å². The molecule has 0 N–H and O–H groups in total. The van der Waals surface area contributed by atoms with E-state index in [4.69, 9.17) is 14.2 Å². The fraction of sp³-hybridized carbons (Fsp3) is 0.679. The number of nitrogens with zero attached hydrogens (tertiary/aromatic N) is 1. The van der Waals surface area contributed by atoms with Gasteiger partial charge in [0.2, 0.25) is 0 Å². The molecule has 0 aromatic heterocycles. The SMILES string of the molecule is C[C@]12CC[C@H](OC(=O)c3ccc([N+](=O)[O-])cc3)CC1=CCC1C2CC[C@@]2(C)C1CCC21OCCO1. The van der Waals surface area contributed by atoms with E-state index in [-0.39, 0.29) is 28.4 Å². The van der Waals surface area contributed by atoms with Gasteiger partial charge in [0.05, 0.1) is 23.7 Å². The van der Waals surface area contributed by atoms with E-state index in [2.05, 4.69) is 19.9 Å². The Morgan fingerprint density at radius 1 is 1.03 bits per heavy atom. The molecule has 0 bridgehead atoms. The van der Waals surface area contributed by atoms with Crippen LogP contribution in [0.5, 0.6) is 0 Å². The Bertz CT molecular complexity index is 1060. The average molecular weight is 482 g/mol. The van der Waals surface area contributed by atoms with Crippen LogP contribution in [0, 0.1) is 38.7 Å². The van der Waals surface area contributed by atoms with E-state index < -0.39 is 10.9 Å². The molecular formula is C28H35NO6. The van der Waals surface area contributed by atoms with Crippen molar-refractivity contribution in [3.8, 4) is 0 Å². The highest BCUT2D eigenvalue weighted by molar-refractivity contribution is 5.89. The van der Waals surface area contributed by atoms with Gasteiger partial charge in [-0.15, -0.1) is 0 Å².